The Hall–Kier alpha value is -0.850. The molecule has 0 atom stereocenters. The Bertz CT molecular complexity index is 241. The Morgan fingerprint density at radius 3 is 2.75 bits per heavy atom. The maximum Gasteiger partial charge on any atom is 0.172 e. The van der Waals surface area contributed by atoms with Crippen molar-refractivity contribution in [3.05, 3.63) is 30.1 Å². The molecule has 0 radical (unpaired) electrons. The summed E-state index contributed by atoms with van der Waals surface area (Å²) in [6, 6.07) is 4.90. The van der Waals surface area contributed by atoms with Gasteiger partial charge in [-0.05, 0) is 26.3 Å². The molecule has 0 spiro atoms. The Morgan fingerprint density at radius 1 is 1.42 bits per heavy atom. The third-order valence-corrected chi connectivity index (χ3v) is 2.02. The van der Waals surface area contributed by atoms with Gasteiger partial charge in [0.15, 0.2) is 18.4 Å². The van der Waals surface area contributed by atoms with Crippen LogP contribution in [0.15, 0.2) is 24.5 Å². The van der Waals surface area contributed by atoms with Gasteiger partial charge < -0.3 is 0 Å². The van der Waals surface area contributed by atoms with Crippen LogP contribution in [0.3, 0.4) is 0 Å². The molecule has 0 aromatic carbocycles. The molecule has 0 amide bonds. The lowest BCUT2D eigenvalue weighted by molar-refractivity contribution is -0.716. The van der Waals surface area contributed by atoms with Crippen molar-refractivity contribution in [3.63, 3.8) is 0 Å². The van der Waals surface area contributed by atoms with Crippen molar-refractivity contribution in [1.82, 2.24) is 0 Å². The second-order valence-electron chi connectivity index (χ2n) is 3.50. The monoisotopic (exact) mass is 164 g/mol. The largest absolute Gasteiger partial charge is 0.203 e. The number of aromatic nitrogens is 1. The van der Waals surface area contributed by atoms with Crippen molar-refractivity contribution in [2.24, 2.45) is 0 Å². The highest BCUT2D eigenvalue weighted by Gasteiger charge is 2.05. The molecule has 1 aromatic heterocycles. The van der Waals surface area contributed by atoms with E-state index in [9.17, 15) is 0 Å². The molecule has 1 aromatic rings. The van der Waals surface area contributed by atoms with Gasteiger partial charge in [0.1, 0.15) is 0 Å². The maximum absolute atomic E-state index is 2.25. The first-order valence-corrected chi connectivity index (χ1v) is 4.73. The van der Waals surface area contributed by atoms with Gasteiger partial charge in [0.05, 0.1) is 0 Å². The number of aryl methyl sites for hydroxylation is 1. The molecule has 0 aliphatic carbocycles. The molecule has 0 aliphatic rings. The van der Waals surface area contributed by atoms with Crippen LogP contribution < -0.4 is 4.57 Å². The summed E-state index contributed by atoms with van der Waals surface area (Å²) < 4.78 is 2.25. The van der Waals surface area contributed by atoms with Gasteiger partial charge in [-0.3, -0.25) is 0 Å². The highest BCUT2D eigenvalue weighted by Crippen LogP contribution is 2.00. The van der Waals surface area contributed by atoms with Crippen LogP contribution in [-0.4, -0.2) is 0 Å². The first-order chi connectivity index (χ1) is 5.74. The number of hydrogen-bond donors (Lipinski definition) is 0. The van der Waals surface area contributed by atoms with E-state index >= 15 is 0 Å². The van der Waals surface area contributed by atoms with Gasteiger partial charge in [-0.25, -0.2) is 4.57 Å². The van der Waals surface area contributed by atoms with Crippen molar-refractivity contribution >= 4 is 0 Å². The fourth-order valence-electron chi connectivity index (χ4n) is 1.30. The van der Waals surface area contributed by atoms with Crippen LogP contribution in [-0.2, 0) is 6.42 Å². The molecule has 1 heterocycles. The predicted octanol–water partition coefficient (Wildman–Crippen LogP) is 2.51. The first-order valence-electron chi connectivity index (χ1n) is 4.73. The first kappa shape index (κ1) is 9.24. The lowest BCUT2D eigenvalue weighted by atomic mass is 10.2. The summed E-state index contributed by atoms with van der Waals surface area (Å²) in [5, 5.41) is 0. The number of pyridine rings is 1. The van der Waals surface area contributed by atoms with Crippen LogP contribution in [0, 0.1) is 0 Å². The number of hydrogen-bond acceptors (Lipinski definition) is 0. The average molecular weight is 164 g/mol. The van der Waals surface area contributed by atoms with Crippen LogP contribution in [0.25, 0.3) is 0 Å². The van der Waals surface area contributed by atoms with Gasteiger partial charge in [-0.15, -0.1) is 0 Å². The Labute approximate surface area is 75.1 Å². The lowest BCUT2D eigenvalue weighted by Gasteiger charge is -2.01. The summed E-state index contributed by atoms with van der Waals surface area (Å²) in [5.74, 6) is 0. The standard InChI is InChI=1S/C11H18N/c1-4-6-11-7-5-8-12(9-11)10(2)3/h5,7-10H,4,6H2,1-3H3/q+1. The third kappa shape index (κ3) is 2.33. The molecule has 1 nitrogen and oxygen atoms in total. The smallest absolute Gasteiger partial charge is 0.172 e. The number of rotatable bonds is 3. The fraction of sp³-hybridized carbons (Fsp3) is 0.545. The molecule has 0 saturated heterocycles. The maximum atomic E-state index is 2.25. The zero-order chi connectivity index (χ0) is 8.97. The summed E-state index contributed by atoms with van der Waals surface area (Å²) in [4.78, 5) is 0. The van der Waals surface area contributed by atoms with E-state index in [1.165, 1.54) is 18.4 Å². The van der Waals surface area contributed by atoms with Crippen molar-refractivity contribution in [2.45, 2.75) is 39.7 Å². The van der Waals surface area contributed by atoms with E-state index in [1.54, 1.807) is 0 Å². The molecule has 1 heteroatoms. The van der Waals surface area contributed by atoms with Crippen LogP contribution in [0.5, 0.6) is 0 Å². The van der Waals surface area contributed by atoms with Crippen LogP contribution in [0.4, 0.5) is 0 Å². The molecule has 66 valence electrons. The Morgan fingerprint density at radius 2 is 2.17 bits per heavy atom. The molecule has 0 unspecified atom stereocenters. The minimum atomic E-state index is 0.571. The summed E-state index contributed by atoms with van der Waals surface area (Å²) in [7, 11) is 0. The summed E-state index contributed by atoms with van der Waals surface area (Å²) in [6.07, 6.45) is 6.79. The second-order valence-corrected chi connectivity index (χ2v) is 3.50. The molecule has 12 heavy (non-hydrogen) atoms. The number of nitrogens with zero attached hydrogens (tertiary/aromatic N) is 1. The minimum absolute atomic E-state index is 0.571. The van der Waals surface area contributed by atoms with E-state index in [1.807, 2.05) is 0 Å². The van der Waals surface area contributed by atoms with Crippen molar-refractivity contribution in [2.75, 3.05) is 0 Å². The van der Waals surface area contributed by atoms with Crippen molar-refractivity contribution in [1.29, 1.82) is 0 Å². The Balaban J connectivity index is 2.81. The molecule has 0 aliphatic heterocycles. The normalized spacial score (nSPS) is 10.7. The highest BCUT2D eigenvalue weighted by atomic mass is 15.0. The van der Waals surface area contributed by atoms with Gasteiger partial charge in [0, 0.05) is 11.6 Å². The second kappa shape index (κ2) is 4.24. The van der Waals surface area contributed by atoms with Gasteiger partial charge in [0.2, 0.25) is 0 Å². The van der Waals surface area contributed by atoms with Crippen LogP contribution in [0.2, 0.25) is 0 Å². The van der Waals surface area contributed by atoms with Crippen molar-refractivity contribution in [3.8, 4) is 0 Å². The zero-order valence-electron chi connectivity index (χ0n) is 8.25. The van der Waals surface area contributed by atoms with E-state index in [2.05, 4.69) is 49.9 Å². The topological polar surface area (TPSA) is 3.88 Å². The van der Waals surface area contributed by atoms with E-state index in [0.29, 0.717) is 6.04 Å². The molecule has 0 fully saturated rings. The van der Waals surface area contributed by atoms with Crippen LogP contribution >= 0.6 is 0 Å². The molecule has 1 rings (SSSR count). The molecular formula is C11H18N+. The molecule has 0 N–H and O–H groups in total. The summed E-state index contributed by atoms with van der Waals surface area (Å²) >= 11 is 0. The summed E-state index contributed by atoms with van der Waals surface area (Å²) in [6.45, 7) is 6.62. The van der Waals surface area contributed by atoms with Crippen molar-refractivity contribution < 1.29 is 4.57 Å². The minimum Gasteiger partial charge on any atom is -0.203 e. The van der Waals surface area contributed by atoms with E-state index in [4.69, 9.17) is 0 Å². The lowest BCUT2D eigenvalue weighted by Crippen LogP contribution is -2.35. The summed E-state index contributed by atoms with van der Waals surface area (Å²) in [5.41, 5.74) is 1.44. The zero-order valence-corrected chi connectivity index (χ0v) is 8.25. The Kier molecular flexibility index (Phi) is 3.27. The molecule has 0 bridgehead atoms. The predicted molar refractivity (Wildman–Crippen MR) is 51.0 cm³/mol. The third-order valence-electron chi connectivity index (χ3n) is 2.02. The van der Waals surface area contributed by atoms with Gasteiger partial charge in [-0.2, -0.15) is 0 Å². The highest BCUT2D eigenvalue weighted by molar-refractivity contribution is 5.05. The van der Waals surface area contributed by atoms with Gasteiger partial charge in [-0.1, -0.05) is 13.3 Å². The SMILES string of the molecule is CCCc1ccc[n+](C(C)C)c1. The average Bonchev–Trinajstić information content (AvgIpc) is 2.05. The van der Waals surface area contributed by atoms with Gasteiger partial charge in [0.25, 0.3) is 0 Å². The van der Waals surface area contributed by atoms with E-state index in [0.717, 1.165) is 0 Å². The van der Waals surface area contributed by atoms with Crippen LogP contribution in [0.1, 0.15) is 38.8 Å². The quantitative estimate of drug-likeness (QED) is 0.604. The molecule has 0 saturated carbocycles. The van der Waals surface area contributed by atoms with E-state index in [-0.39, 0.29) is 0 Å². The molecular weight excluding hydrogens is 146 g/mol. The van der Waals surface area contributed by atoms with Gasteiger partial charge >= 0.3 is 0 Å². The fourth-order valence-corrected chi connectivity index (χ4v) is 1.30. The van der Waals surface area contributed by atoms with E-state index < -0.39 is 0 Å².